The van der Waals surface area contributed by atoms with Gasteiger partial charge in [0.1, 0.15) is 0 Å². The molecule has 1 amide bonds. The van der Waals surface area contributed by atoms with Gasteiger partial charge in [0.2, 0.25) is 5.91 Å². The number of para-hydroxylation sites is 1. The van der Waals surface area contributed by atoms with Crippen molar-refractivity contribution in [3.05, 3.63) is 29.3 Å². The van der Waals surface area contributed by atoms with Crippen molar-refractivity contribution < 1.29 is 4.79 Å². The van der Waals surface area contributed by atoms with Crippen molar-refractivity contribution in [3.8, 4) is 0 Å². The monoisotopic (exact) mass is 402 g/mol. The molecule has 5 nitrogen and oxygen atoms in total. The van der Waals surface area contributed by atoms with Crippen LogP contribution in [-0.4, -0.2) is 70.6 Å². The van der Waals surface area contributed by atoms with Gasteiger partial charge in [-0.3, -0.25) is 9.69 Å². The molecule has 3 fully saturated rings. The first-order valence-electron chi connectivity index (χ1n) is 9.97. The molecule has 1 N–H and O–H groups in total. The molecule has 0 radical (unpaired) electrons. The van der Waals surface area contributed by atoms with Crippen LogP contribution in [0, 0.1) is 0 Å². The van der Waals surface area contributed by atoms with Crippen LogP contribution in [0.25, 0.3) is 10.2 Å². The van der Waals surface area contributed by atoms with E-state index >= 15 is 0 Å². The molecule has 5 rings (SSSR count). The smallest absolute Gasteiger partial charge is 0.240 e. The minimum Gasteiger partial charge on any atom is -0.331 e. The third kappa shape index (κ3) is 3.62. The van der Waals surface area contributed by atoms with Crippen molar-refractivity contribution in [2.75, 3.05) is 37.8 Å². The summed E-state index contributed by atoms with van der Waals surface area (Å²) in [6, 6.07) is 8.98. The van der Waals surface area contributed by atoms with Crippen molar-refractivity contribution in [2.24, 2.45) is 0 Å². The second-order valence-corrected chi connectivity index (χ2v) is 9.96. The number of fused-ring (bicyclic) bond motifs is 1. The molecule has 0 aliphatic carbocycles. The number of piperidine rings is 1. The SMILES string of the molecule is O=C([C@@H]1C[C@H](N2CCC(c3nc4ccccc4s3)CC2)CN1)N1CCSC1. The first-order valence-corrected chi connectivity index (χ1v) is 11.9. The number of amides is 1. The zero-order chi connectivity index (χ0) is 18.2. The van der Waals surface area contributed by atoms with Crippen LogP contribution >= 0.6 is 23.1 Å². The number of likely N-dealkylation sites (tertiary alicyclic amines) is 1. The van der Waals surface area contributed by atoms with Gasteiger partial charge in [0.25, 0.3) is 0 Å². The first kappa shape index (κ1) is 17.9. The summed E-state index contributed by atoms with van der Waals surface area (Å²) < 4.78 is 1.30. The van der Waals surface area contributed by atoms with E-state index in [9.17, 15) is 4.79 Å². The Morgan fingerprint density at radius 2 is 2.04 bits per heavy atom. The van der Waals surface area contributed by atoms with Gasteiger partial charge in [-0.2, -0.15) is 0 Å². The highest BCUT2D eigenvalue weighted by molar-refractivity contribution is 7.99. The lowest BCUT2D eigenvalue weighted by Crippen LogP contribution is -2.42. The molecule has 3 aliphatic heterocycles. The molecule has 2 aromatic rings. The highest BCUT2D eigenvalue weighted by atomic mass is 32.2. The van der Waals surface area contributed by atoms with Gasteiger partial charge in [-0.05, 0) is 44.5 Å². The lowest BCUT2D eigenvalue weighted by Gasteiger charge is -2.35. The van der Waals surface area contributed by atoms with Gasteiger partial charge in [0.05, 0.1) is 27.1 Å². The highest BCUT2D eigenvalue weighted by Crippen LogP contribution is 2.35. The van der Waals surface area contributed by atoms with E-state index in [2.05, 4.69) is 34.5 Å². The number of hydrogen-bond acceptors (Lipinski definition) is 6. The molecule has 0 saturated carbocycles. The van der Waals surface area contributed by atoms with Gasteiger partial charge in [-0.25, -0.2) is 4.98 Å². The second-order valence-electron chi connectivity index (χ2n) is 7.82. The normalized spacial score (nSPS) is 27.6. The molecule has 0 bridgehead atoms. The molecule has 0 spiro atoms. The van der Waals surface area contributed by atoms with Crippen LogP contribution < -0.4 is 5.32 Å². The van der Waals surface area contributed by atoms with Gasteiger partial charge in [0.15, 0.2) is 0 Å². The largest absolute Gasteiger partial charge is 0.331 e. The average Bonchev–Trinajstić information content (AvgIpc) is 3.48. The van der Waals surface area contributed by atoms with E-state index in [-0.39, 0.29) is 6.04 Å². The molecule has 1 aromatic heterocycles. The van der Waals surface area contributed by atoms with Gasteiger partial charge in [0, 0.05) is 30.8 Å². The van der Waals surface area contributed by atoms with E-state index in [0.717, 1.165) is 49.7 Å². The van der Waals surface area contributed by atoms with E-state index in [1.54, 1.807) is 0 Å². The number of carbonyl (C=O) groups is 1. The molecule has 2 atom stereocenters. The third-order valence-corrected chi connectivity index (χ3v) is 8.34. The minimum absolute atomic E-state index is 0.0238. The predicted molar refractivity (Wildman–Crippen MR) is 112 cm³/mol. The fourth-order valence-electron chi connectivity index (χ4n) is 4.57. The van der Waals surface area contributed by atoms with Crippen molar-refractivity contribution >= 4 is 39.2 Å². The van der Waals surface area contributed by atoms with Crippen molar-refractivity contribution in [1.29, 1.82) is 0 Å². The second kappa shape index (κ2) is 7.70. The Morgan fingerprint density at radius 3 is 2.81 bits per heavy atom. The van der Waals surface area contributed by atoms with Gasteiger partial charge in [-0.1, -0.05) is 12.1 Å². The molecule has 4 heterocycles. The third-order valence-electron chi connectivity index (χ3n) is 6.18. The average molecular weight is 403 g/mol. The predicted octanol–water partition coefficient (Wildman–Crippen LogP) is 2.74. The molecule has 144 valence electrons. The number of nitrogens with zero attached hydrogens (tertiary/aromatic N) is 3. The number of thioether (sulfide) groups is 1. The number of rotatable bonds is 3. The number of carbonyl (C=O) groups excluding carboxylic acids is 1. The lowest BCUT2D eigenvalue weighted by atomic mass is 9.95. The van der Waals surface area contributed by atoms with Crippen LogP contribution in [0.3, 0.4) is 0 Å². The Kier molecular flexibility index (Phi) is 5.11. The van der Waals surface area contributed by atoms with Crippen LogP contribution in [-0.2, 0) is 4.79 Å². The highest BCUT2D eigenvalue weighted by Gasteiger charge is 2.37. The van der Waals surface area contributed by atoms with Gasteiger partial charge in [-0.15, -0.1) is 23.1 Å². The maximum atomic E-state index is 12.6. The fourth-order valence-corrected chi connectivity index (χ4v) is 6.66. The van der Waals surface area contributed by atoms with Crippen LogP contribution in [0.5, 0.6) is 0 Å². The maximum Gasteiger partial charge on any atom is 0.240 e. The minimum atomic E-state index is 0.0238. The Bertz CT molecular complexity index is 778. The lowest BCUT2D eigenvalue weighted by molar-refractivity contribution is -0.131. The Hall–Kier alpha value is -1.15. The standard InChI is InChI=1S/C20H26N4OS2/c25-20(24-9-10-26-13-24)17-11-15(12-21-17)23-7-5-14(6-8-23)19-22-16-3-1-2-4-18(16)27-19/h1-4,14-15,17,21H,5-13H2/t15-,17-/m0/s1. The topological polar surface area (TPSA) is 48.5 Å². The van der Waals surface area contributed by atoms with E-state index in [4.69, 9.17) is 4.98 Å². The molecule has 1 aromatic carbocycles. The molecule has 7 heteroatoms. The Balaban J connectivity index is 1.17. The summed E-state index contributed by atoms with van der Waals surface area (Å²) in [6.07, 6.45) is 3.32. The van der Waals surface area contributed by atoms with Crippen LogP contribution in [0.2, 0.25) is 0 Å². The first-order chi connectivity index (χ1) is 13.3. The van der Waals surface area contributed by atoms with E-state index in [0.29, 0.717) is 17.9 Å². The molecule has 27 heavy (non-hydrogen) atoms. The number of benzene rings is 1. The van der Waals surface area contributed by atoms with Crippen molar-refractivity contribution in [1.82, 2.24) is 20.1 Å². The quantitative estimate of drug-likeness (QED) is 0.856. The van der Waals surface area contributed by atoms with Gasteiger partial charge >= 0.3 is 0 Å². The summed E-state index contributed by atoms with van der Waals surface area (Å²) in [4.78, 5) is 22.1. The summed E-state index contributed by atoms with van der Waals surface area (Å²) in [7, 11) is 0. The van der Waals surface area contributed by atoms with Crippen molar-refractivity contribution in [3.63, 3.8) is 0 Å². The molecule has 3 aliphatic rings. The molecule has 3 saturated heterocycles. The summed E-state index contributed by atoms with van der Waals surface area (Å²) in [5.74, 6) is 2.86. The van der Waals surface area contributed by atoms with Crippen LogP contribution in [0.15, 0.2) is 24.3 Å². The number of thiazole rings is 1. The zero-order valence-electron chi connectivity index (χ0n) is 15.5. The van der Waals surface area contributed by atoms with E-state index in [1.807, 2.05) is 28.0 Å². The van der Waals surface area contributed by atoms with Crippen molar-refractivity contribution in [2.45, 2.75) is 37.3 Å². The number of hydrogen-bond donors (Lipinski definition) is 1. The summed E-state index contributed by atoms with van der Waals surface area (Å²) in [5, 5.41) is 4.79. The summed E-state index contributed by atoms with van der Waals surface area (Å²) >= 11 is 3.72. The maximum absolute atomic E-state index is 12.6. The Labute approximate surface area is 168 Å². The Morgan fingerprint density at radius 1 is 1.19 bits per heavy atom. The van der Waals surface area contributed by atoms with Crippen LogP contribution in [0.4, 0.5) is 0 Å². The zero-order valence-corrected chi connectivity index (χ0v) is 17.1. The number of nitrogens with one attached hydrogen (secondary N) is 1. The van der Waals surface area contributed by atoms with Crippen LogP contribution in [0.1, 0.15) is 30.2 Å². The van der Waals surface area contributed by atoms with Gasteiger partial charge < -0.3 is 10.2 Å². The molecule has 0 unspecified atom stereocenters. The molecular weight excluding hydrogens is 376 g/mol. The summed E-state index contributed by atoms with van der Waals surface area (Å²) in [5.41, 5.74) is 1.14. The summed E-state index contributed by atoms with van der Waals surface area (Å²) in [6.45, 7) is 4.10. The van der Waals surface area contributed by atoms with E-state index < -0.39 is 0 Å². The number of aromatic nitrogens is 1. The molecular formula is C20H26N4OS2. The van der Waals surface area contributed by atoms with E-state index in [1.165, 1.54) is 22.5 Å². The fraction of sp³-hybridized carbons (Fsp3) is 0.600.